The van der Waals surface area contributed by atoms with E-state index < -0.39 is 0 Å². The SMILES string of the molecule is CCCCCC/C=C/C(C)=C/C(=O)OCCOc1ccccc1. The second-order valence-electron chi connectivity index (χ2n) is 5.47. The summed E-state index contributed by atoms with van der Waals surface area (Å²) in [5.41, 5.74) is 0.912. The first-order chi connectivity index (χ1) is 11.2. The van der Waals surface area contributed by atoms with E-state index >= 15 is 0 Å². The third-order valence-corrected chi connectivity index (χ3v) is 3.29. The van der Waals surface area contributed by atoms with Crippen LogP contribution in [0.4, 0.5) is 0 Å². The minimum atomic E-state index is -0.324. The highest BCUT2D eigenvalue weighted by Crippen LogP contribution is 2.08. The number of hydrogen-bond donors (Lipinski definition) is 0. The molecule has 0 fully saturated rings. The van der Waals surface area contributed by atoms with Crippen molar-refractivity contribution in [1.29, 1.82) is 0 Å². The average molecular weight is 316 g/mol. The second kappa shape index (κ2) is 12.5. The Hall–Kier alpha value is -2.03. The average Bonchev–Trinajstić information content (AvgIpc) is 2.56. The zero-order valence-electron chi connectivity index (χ0n) is 14.3. The van der Waals surface area contributed by atoms with E-state index in [4.69, 9.17) is 9.47 Å². The third-order valence-electron chi connectivity index (χ3n) is 3.29. The van der Waals surface area contributed by atoms with Gasteiger partial charge in [-0.25, -0.2) is 4.79 Å². The molecular formula is C20H28O3. The van der Waals surface area contributed by atoms with Crippen LogP contribution in [-0.4, -0.2) is 19.2 Å². The lowest BCUT2D eigenvalue weighted by molar-refractivity contribution is -0.138. The van der Waals surface area contributed by atoms with Crippen LogP contribution in [0.15, 0.2) is 54.1 Å². The van der Waals surface area contributed by atoms with Crippen LogP contribution >= 0.6 is 0 Å². The number of carbonyl (C=O) groups excluding carboxylic acids is 1. The van der Waals surface area contributed by atoms with E-state index in [1.54, 1.807) is 0 Å². The van der Waals surface area contributed by atoms with Crippen molar-refractivity contribution < 1.29 is 14.3 Å². The van der Waals surface area contributed by atoms with Crippen molar-refractivity contribution in [3.8, 4) is 5.75 Å². The molecule has 0 aliphatic carbocycles. The molecular weight excluding hydrogens is 288 g/mol. The number of rotatable bonds is 11. The molecule has 0 atom stereocenters. The molecule has 3 nitrogen and oxygen atoms in total. The molecule has 0 radical (unpaired) electrons. The van der Waals surface area contributed by atoms with Gasteiger partial charge in [-0.1, -0.05) is 56.5 Å². The first-order valence-corrected chi connectivity index (χ1v) is 8.42. The van der Waals surface area contributed by atoms with Crippen molar-refractivity contribution in [3.05, 3.63) is 54.1 Å². The maximum atomic E-state index is 11.7. The summed E-state index contributed by atoms with van der Waals surface area (Å²) in [5, 5.41) is 0. The Balaban J connectivity index is 2.14. The lowest BCUT2D eigenvalue weighted by Crippen LogP contribution is -2.10. The first-order valence-electron chi connectivity index (χ1n) is 8.42. The number of benzene rings is 1. The van der Waals surface area contributed by atoms with E-state index in [-0.39, 0.29) is 12.6 Å². The molecule has 0 spiro atoms. The molecule has 0 bridgehead atoms. The number of ether oxygens (including phenoxy) is 2. The summed E-state index contributed by atoms with van der Waals surface area (Å²) in [6.07, 6.45) is 11.7. The number of para-hydroxylation sites is 1. The third kappa shape index (κ3) is 10.3. The Morgan fingerprint density at radius 2 is 1.87 bits per heavy atom. The molecule has 1 aromatic carbocycles. The van der Waals surface area contributed by atoms with E-state index in [9.17, 15) is 4.79 Å². The first kappa shape index (κ1) is 19.0. The minimum absolute atomic E-state index is 0.248. The van der Waals surface area contributed by atoms with Gasteiger partial charge in [0.25, 0.3) is 0 Å². The van der Waals surface area contributed by atoms with Gasteiger partial charge in [0.15, 0.2) is 0 Å². The van der Waals surface area contributed by atoms with Gasteiger partial charge < -0.3 is 9.47 Å². The lowest BCUT2D eigenvalue weighted by Gasteiger charge is -2.05. The molecule has 0 amide bonds. The fraction of sp³-hybridized carbons (Fsp3) is 0.450. The molecule has 0 aromatic heterocycles. The number of carbonyl (C=O) groups is 1. The number of allylic oxidation sites excluding steroid dienone is 3. The Morgan fingerprint density at radius 1 is 1.09 bits per heavy atom. The van der Waals surface area contributed by atoms with Crippen molar-refractivity contribution in [2.45, 2.75) is 46.0 Å². The van der Waals surface area contributed by atoms with Crippen LogP contribution in [0.3, 0.4) is 0 Å². The van der Waals surface area contributed by atoms with Gasteiger partial charge in [0.2, 0.25) is 0 Å². The maximum Gasteiger partial charge on any atom is 0.331 e. The van der Waals surface area contributed by atoms with Gasteiger partial charge in [0.05, 0.1) is 0 Å². The predicted octanol–water partition coefficient (Wildman–Crippen LogP) is 5.08. The topological polar surface area (TPSA) is 35.5 Å². The number of esters is 1. The molecule has 1 rings (SSSR count). The summed E-state index contributed by atoms with van der Waals surface area (Å²) in [7, 11) is 0. The normalized spacial score (nSPS) is 11.7. The predicted molar refractivity (Wildman–Crippen MR) is 94.6 cm³/mol. The molecule has 0 saturated carbocycles. The Kier molecular flexibility index (Phi) is 10.3. The van der Waals surface area contributed by atoms with Gasteiger partial charge in [-0.3, -0.25) is 0 Å². The molecule has 23 heavy (non-hydrogen) atoms. The van der Waals surface area contributed by atoms with Crippen LogP contribution in [0.1, 0.15) is 46.0 Å². The number of hydrogen-bond acceptors (Lipinski definition) is 3. The van der Waals surface area contributed by atoms with Gasteiger partial charge in [-0.15, -0.1) is 0 Å². The van der Waals surface area contributed by atoms with E-state index in [1.165, 1.54) is 31.8 Å². The van der Waals surface area contributed by atoms with Crippen molar-refractivity contribution in [1.82, 2.24) is 0 Å². The fourth-order valence-corrected chi connectivity index (χ4v) is 2.05. The van der Waals surface area contributed by atoms with Crippen LogP contribution < -0.4 is 4.74 Å². The quantitative estimate of drug-likeness (QED) is 0.247. The van der Waals surface area contributed by atoms with Crippen molar-refractivity contribution in [3.63, 3.8) is 0 Å². The van der Waals surface area contributed by atoms with E-state index in [0.29, 0.717) is 6.61 Å². The van der Waals surface area contributed by atoms with Crippen molar-refractivity contribution in [2.24, 2.45) is 0 Å². The van der Waals surface area contributed by atoms with Crippen LogP contribution in [0.2, 0.25) is 0 Å². The van der Waals surface area contributed by atoms with Crippen molar-refractivity contribution >= 4 is 5.97 Å². The minimum Gasteiger partial charge on any atom is -0.490 e. The van der Waals surface area contributed by atoms with Crippen molar-refractivity contribution in [2.75, 3.05) is 13.2 Å². The summed E-state index contributed by atoms with van der Waals surface area (Å²) in [6, 6.07) is 9.48. The van der Waals surface area contributed by atoms with Crippen LogP contribution in [0.5, 0.6) is 5.75 Å². The second-order valence-corrected chi connectivity index (χ2v) is 5.47. The highest BCUT2D eigenvalue weighted by atomic mass is 16.6. The Morgan fingerprint density at radius 3 is 2.61 bits per heavy atom. The molecule has 0 aliphatic heterocycles. The zero-order valence-corrected chi connectivity index (χ0v) is 14.3. The maximum absolute atomic E-state index is 11.7. The summed E-state index contributed by atoms with van der Waals surface area (Å²) in [5.74, 6) is 0.455. The van der Waals surface area contributed by atoms with E-state index in [2.05, 4.69) is 13.0 Å². The zero-order chi connectivity index (χ0) is 16.8. The standard InChI is InChI=1S/C20H28O3/c1-3-4-5-6-7-9-12-18(2)17-20(21)23-16-15-22-19-13-10-8-11-14-19/h8-14,17H,3-7,15-16H2,1-2H3/b12-9+,18-17+. The Labute approximate surface area is 140 Å². The molecule has 0 N–H and O–H groups in total. The molecule has 0 aliphatic rings. The van der Waals surface area contributed by atoms with Gasteiger partial charge >= 0.3 is 5.97 Å². The molecule has 126 valence electrons. The molecule has 0 heterocycles. The summed E-state index contributed by atoms with van der Waals surface area (Å²) in [4.78, 5) is 11.7. The lowest BCUT2D eigenvalue weighted by atomic mass is 10.1. The molecule has 1 aromatic rings. The molecule has 0 saturated heterocycles. The monoisotopic (exact) mass is 316 g/mol. The molecule has 3 heteroatoms. The van der Waals surface area contributed by atoms with Crippen LogP contribution in [0, 0.1) is 0 Å². The highest BCUT2D eigenvalue weighted by Gasteiger charge is 1.99. The largest absolute Gasteiger partial charge is 0.490 e. The smallest absolute Gasteiger partial charge is 0.331 e. The summed E-state index contributed by atoms with van der Waals surface area (Å²) in [6.45, 7) is 4.72. The van der Waals surface area contributed by atoms with Crippen LogP contribution in [-0.2, 0) is 9.53 Å². The van der Waals surface area contributed by atoms with E-state index in [1.807, 2.05) is 43.3 Å². The summed E-state index contributed by atoms with van der Waals surface area (Å²) >= 11 is 0. The van der Waals surface area contributed by atoms with Gasteiger partial charge in [-0.05, 0) is 37.5 Å². The number of unbranched alkanes of at least 4 members (excludes halogenated alkanes) is 4. The van der Waals surface area contributed by atoms with Gasteiger partial charge in [0.1, 0.15) is 19.0 Å². The molecule has 0 unspecified atom stereocenters. The van der Waals surface area contributed by atoms with Crippen LogP contribution in [0.25, 0.3) is 0 Å². The Bertz CT molecular complexity index is 489. The summed E-state index contributed by atoms with van der Waals surface area (Å²) < 4.78 is 10.6. The fourth-order valence-electron chi connectivity index (χ4n) is 2.05. The van der Waals surface area contributed by atoms with Gasteiger partial charge in [-0.2, -0.15) is 0 Å². The van der Waals surface area contributed by atoms with Gasteiger partial charge in [0, 0.05) is 6.08 Å². The van der Waals surface area contributed by atoms with E-state index in [0.717, 1.165) is 17.7 Å². The highest BCUT2D eigenvalue weighted by molar-refractivity contribution is 5.83.